The van der Waals surface area contributed by atoms with Gasteiger partial charge in [0.1, 0.15) is 6.54 Å². The summed E-state index contributed by atoms with van der Waals surface area (Å²) >= 11 is 0. The molecule has 24 heavy (non-hydrogen) atoms. The largest absolute Gasteiger partial charge is 0.480 e. The van der Waals surface area contributed by atoms with E-state index < -0.39 is 5.97 Å². The predicted molar refractivity (Wildman–Crippen MR) is 95.0 cm³/mol. The number of hydrogen-bond donors (Lipinski definition) is 1. The van der Waals surface area contributed by atoms with Crippen LogP contribution in [0.5, 0.6) is 0 Å². The number of rotatable bonds is 3. The van der Waals surface area contributed by atoms with Gasteiger partial charge in [0.25, 0.3) is 0 Å². The maximum Gasteiger partial charge on any atom is 0.323 e. The van der Waals surface area contributed by atoms with Gasteiger partial charge in [0.05, 0.1) is 5.52 Å². The molecule has 1 N–H and O–H groups in total. The Hall–Kier alpha value is -3.14. The summed E-state index contributed by atoms with van der Waals surface area (Å²) in [6.45, 7) is 1.93. The van der Waals surface area contributed by atoms with Gasteiger partial charge in [0, 0.05) is 33.7 Å². The number of para-hydroxylation sites is 2. The van der Waals surface area contributed by atoms with Gasteiger partial charge in [-0.05, 0) is 30.7 Å². The molecule has 0 bridgehead atoms. The van der Waals surface area contributed by atoms with Crippen molar-refractivity contribution in [2.24, 2.45) is 0 Å². The Balaban J connectivity index is 2.10. The summed E-state index contributed by atoms with van der Waals surface area (Å²) in [6.07, 6.45) is 1.81. The fraction of sp³-hybridized carbons (Fsp3) is 0.100. The number of carboxylic acids is 1. The number of nitrogens with zero attached hydrogens (tertiary/aromatic N) is 2. The number of fused-ring (bicyclic) bond motifs is 2. The summed E-state index contributed by atoms with van der Waals surface area (Å²) in [5, 5.41) is 11.4. The molecule has 0 aliphatic rings. The van der Waals surface area contributed by atoms with E-state index in [9.17, 15) is 9.90 Å². The van der Waals surface area contributed by atoms with Crippen LogP contribution in [-0.2, 0) is 11.3 Å². The summed E-state index contributed by atoms with van der Waals surface area (Å²) in [5.74, 6) is -0.843. The van der Waals surface area contributed by atoms with Crippen molar-refractivity contribution < 1.29 is 9.90 Å². The first-order valence-electron chi connectivity index (χ1n) is 7.80. The third kappa shape index (κ3) is 2.15. The molecule has 0 amide bonds. The number of pyridine rings is 1. The molecule has 0 unspecified atom stereocenters. The molecule has 0 aliphatic heterocycles. The normalized spacial score (nSPS) is 11.2. The zero-order chi connectivity index (χ0) is 16.7. The number of carboxylic acid groups (broad SMARTS) is 1. The lowest BCUT2D eigenvalue weighted by atomic mass is 9.99. The number of aromatic nitrogens is 2. The number of hydrogen-bond acceptors (Lipinski definition) is 2. The minimum atomic E-state index is -0.843. The number of carbonyl (C=O) groups is 1. The van der Waals surface area contributed by atoms with Crippen molar-refractivity contribution in [1.82, 2.24) is 9.55 Å². The third-order valence-corrected chi connectivity index (χ3v) is 4.44. The van der Waals surface area contributed by atoms with Gasteiger partial charge in [-0.15, -0.1) is 0 Å². The van der Waals surface area contributed by atoms with Crippen molar-refractivity contribution in [1.29, 1.82) is 0 Å². The minimum absolute atomic E-state index is 0.0463. The highest BCUT2D eigenvalue weighted by atomic mass is 16.4. The van der Waals surface area contributed by atoms with Crippen LogP contribution in [0.25, 0.3) is 32.9 Å². The van der Waals surface area contributed by atoms with Crippen LogP contribution >= 0.6 is 0 Å². The molecule has 4 rings (SSSR count). The van der Waals surface area contributed by atoms with Crippen LogP contribution in [0.1, 0.15) is 5.69 Å². The van der Waals surface area contributed by atoms with E-state index in [1.54, 1.807) is 6.20 Å². The molecule has 118 valence electrons. The van der Waals surface area contributed by atoms with E-state index in [4.69, 9.17) is 0 Å². The Kier molecular flexibility index (Phi) is 3.31. The van der Waals surface area contributed by atoms with Crippen LogP contribution < -0.4 is 0 Å². The van der Waals surface area contributed by atoms with E-state index in [0.717, 1.165) is 38.6 Å². The minimum Gasteiger partial charge on any atom is -0.480 e. The van der Waals surface area contributed by atoms with E-state index in [2.05, 4.69) is 11.1 Å². The SMILES string of the molecule is Cc1c(-c2ccnc3ccccc23)c2ccccc2n1CC(=O)O. The smallest absolute Gasteiger partial charge is 0.323 e. The van der Waals surface area contributed by atoms with Crippen molar-refractivity contribution in [2.45, 2.75) is 13.5 Å². The highest BCUT2D eigenvalue weighted by molar-refractivity contribution is 6.05. The second-order valence-corrected chi connectivity index (χ2v) is 5.83. The summed E-state index contributed by atoms with van der Waals surface area (Å²) < 4.78 is 1.86. The molecule has 2 aromatic carbocycles. The van der Waals surface area contributed by atoms with Gasteiger partial charge in [0.2, 0.25) is 0 Å². The van der Waals surface area contributed by atoms with Crippen LogP contribution in [0.3, 0.4) is 0 Å². The molecule has 4 aromatic rings. The van der Waals surface area contributed by atoms with Crippen molar-refractivity contribution in [2.75, 3.05) is 0 Å². The first kappa shape index (κ1) is 14.5. The molecule has 0 spiro atoms. The molecule has 4 heteroatoms. The second-order valence-electron chi connectivity index (χ2n) is 5.83. The Morgan fingerprint density at radius 3 is 2.54 bits per heavy atom. The zero-order valence-electron chi connectivity index (χ0n) is 13.2. The monoisotopic (exact) mass is 316 g/mol. The van der Waals surface area contributed by atoms with E-state index >= 15 is 0 Å². The molecule has 0 radical (unpaired) electrons. The van der Waals surface area contributed by atoms with Crippen molar-refractivity contribution in [3.05, 3.63) is 66.5 Å². The van der Waals surface area contributed by atoms with Crippen LogP contribution in [0.2, 0.25) is 0 Å². The number of aliphatic carboxylic acids is 1. The van der Waals surface area contributed by atoms with E-state index in [0.29, 0.717) is 0 Å². The van der Waals surface area contributed by atoms with E-state index in [1.165, 1.54) is 0 Å². The maximum absolute atomic E-state index is 11.3. The molecule has 0 saturated heterocycles. The van der Waals surface area contributed by atoms with E-state index in [-0.39, 0.29) is 6.54 Å². The standard InChI is InChI=1S/C20H16N2O2/c1-13-20(15-10-11-21-17-8-4-2-6-14(15)17)16-7-3-5-9-18(16)22(13)12-19(23)24/h2-11H,12H2,1H3,(H,23,24). The quantitative estimate of drug-likeness (QED) is 0.615. The zero-order valence-corrected chi connectivity index (χ0v) is 13.2. The Labute approximate surface area is 139 Å². The summed E-state index contributed by atoms with van der Waals surface area (Å²) in [7, 11) is 0. The Morgan fingerprint density at radius 2 is 1.75 bits per heavy atom. The average molecular weight is 316 g/mol. The van der Waals surface area contributed by atoms with Crippen LogP contribution in [0.15, 0.2) is 60.8 Å². The summed E-state index contributed by atoms with van der Waals surface area (Å²) in [5.41, 5.74) is 4.98. The van der Waals surface area contributed by atoms with Crippen molar-refractivity contribution >= 4 is 27.8 Å². The lowest BCUT2D eigenvalue weighted by Gasteiger charge is -2.08. The van der Waals surface area contributed by atoms with Gasteiger partial charge >= 0.3 is 5.97 Å². The molecular weight excluding hydrogens is 300 g/mol. The van der Waals surface area contributed by atoms with Crippen LogP contribution in [0, 0.1) is 6.92 Å². The Morgan fingerprint density at radius 1 is 1.04 bits per heavy atom. The average Bonchev–Trinajstić information content (AvgIpc) is 2.86. The lowest BCUT2D eigenvalue weighted by molar-refractivity contribution is -0.137. The van der Waals surface area contributed by atoms with Gasteiger partial charge in [0.15, 0.2) is 0 Å². The van der Waals surface area contributed by atoms with Crippen molar-refractivity contribution in [3.8, 4) is 11.1 Å². The second kappa shape index (κ2) is 5.49. The molecule has 0 fully saturated rings. The molecule has 2 heterocycles. The fourth-order valence-corrected chi connectivity index (χ4v) is 3.42. The van der Waals surface area contributed by atoms with Gasteiger partial charge in [-0.1, -0.05) is 36.4 Å². The maximum atomic E-state index is 11.3. The number of benzene rings is 2. The molecule has 0 saturated carbocycles. The third-order valence-electron chi connectivity index (χ3n) is 4.44. The topological polar surface area (TPSA) is 55.1 Å². The fourth-order valence-electron chi connectivity index (χ4n) is 3.42. The van der Waals surface area contributed by atoms with Crippen molar-refractivity contribution in [3.63, 3.8) is 0 Å². The predicted octanol–water partition coefficient (Wildman–Crippen LogP) is 4.25. The van der Waals surface area contributed by atoms with Crippen LogP contribution in [0.4, 0.5) is 0 Å². The summed E-state index contributed by atoms with van der Waals surface area (Å²) in [4.78, 5) is 15.7. The highest BCUT2D eigenvalue weighted by Gasteiger charge is 2.18. The molecule has 2 aromatic heterocycles. The molecular formula is C20H16N2O2. The molecule has 0 aliphatic carbocycles. The Bertz CT molecular complexity index is 1070. The van der Waals surface area contributed by atoms with Gasteiger partial charge < -0.3 is 9.67 Å². The molecule has 4 nitrogen and oxygen atoms in total. The summed E-state index contributed by atoms with van der Waals surface area (Å²) in [6, 6.07) is 18.0. The molecule has 0 atom stereocenters. The lowest BCUT2D eigenvalue weighted by Crippen LogP contribution is -2.09. The first-order valence-corrected chi connectivity index (χ1v) is 7.80. The van der Waals surface area contributed by atoms with E-state index in [1.807, 2.05) is 60.0 Å². The van der Waals surface area contributed by atoms with Gasteiger partial charge in [-0.25, -0.2) is 0 Å². The van der Waals surface area contributed by atoms with Gasteiger partial charge in [-0.3, -0.25) is 9.78 Å². The first-order chi connectivity index (χ1) is 11.7. The highest BCUT2D eigenvalue weighted by Crippen LogP contribution is 2.37. The van der Waals surface area contributed by atoms with Gasteiger partial charge in [-0.2, -0.15) is 0 Å². The van der Waals surface area contributed by atoms with Crippen LogP contribution in [-0.4, -0.2) is 20.6 Å².